The highest BCUT2D eigenvalue weighted by molar-refractivity contribution is 5.92. The fourth-order valence-corrected chi connectivity index (χ4v) is 3.45. The van der Waals surface area contributed by atoms with Gasteiger partial charge in [-0.15, -0.1) is 0 Å². The van der Waals surface area contributed by atoms with Crippen molar-refractivity contribution in [2.45, 2.75) is 72.8 Å². The second kappa shape index (κ2) is 7.74. The summed E-state index contributed by atoms with van der Waals surface area (Å²) in [6.07, 6.45) is 0.269. The number of para-hydroxylation sites is 1. The molecule has 2 aromatic heterocycles. The average molecular weight is 408 g/mol. The number of aromatic nitrogens is 4. The minimum absolute atomic E-state index is 0.0697. The monoisotopic (exact) mass is 407 g/mol. The van der Waals surface area contributed by atoms with Gasteiger partial charge < -0.3 is 5.32 Å². The highest BCUT2D eigenvalue weighted by atomic mass is 16.1. The number of aryl methyl sites for hydroxylation is 1. The fraction of sp³-hybridized carbons (Fsp3) is 0.458. The van der Waals surface area contributed by atoms with Gasteiger partial charge in [0, 0.05) is 22.7 Å². The summed E-state index contributed by atoms with van der Waals surface area (Å²) in [4.78, 5) is 13.0. The van der Waals surface area contributed by atoms with Gasteiger partial charge in [0.2, 0.25) is 5.91 Å². The lowest BCUT2D eigenvalue weighted by atomic mass is 9.92. The molecular weight excluding hydrogens is 374 g/mol. The maximum Gasteiger partial charge on any atom is 0.230 e. The zero-order valence-electron chi connectivity index (χ0n) is 19.4. The molecule has 1 N–H and O–H groups in total. The third kappa shape index (κ3) is 4.48. The largest absolute Gasteiger partial charge is 0.311 e. The molecule has 0 spiro atoms. The van der Waals surface area contributed by atoms with Crippen molar-refractivity contribution >= 4 is 11.7 Å². The molecule has 30 heavy (non-hydrogen) atoms. The lowest BCUT2D eigenvalue weighted by Crippen LogP contribution is -2.27. The summed E-state index contributed by atoms with van der Waals surface area (Å²) in [5, 5.41) is 12.5. The van der Waals surface area contributed by atoms with Crippen molar-refractivity contribution in [1.29, 1.82) is 0 Å². The second-order valence-corrected chi connectivity index (χ2v) is 9.87. The van der Waals surface area contributed by atoms with Crippen LogP contribution in [0.1, 0.15) is 64.2 Å². The predicted molar refractivity (Wildman–Crippen MR) is 121 cm³/mol. The van der Waals surface area contributed by atoms with Crippen LogP contribution in [0.4, 0.5) is 5.82 Å². The number of amides is 1. The van der Waals surface area contributed by atoms with E-state index in [1.165, 1.54) is 0 Å². The Morgan fingerprint density at radius 3 is 2.20 bits per heavy atom. The average Bonchev–Trinajstić information content (AvgIpc) is 3.19. The molecule has 0 bridgehead atoms. The number of hydrogen-bond donors (Lipinski definition) is 1. The third-order valence-corrected chi connectivity index (χ3v) is 5.16. The first-order valence-electron chi connectivity index (χ1n) is 10.4. The first kappa shape index (κ1) is 21.8. The highest BCUT2D eigenvalue weighted by Gasteiger charge is 2.26. The Morgan fingerprint density at radius 2 is 1.63 bits per heavy atom. The molecule has 2 heterocycles. The zero-order chi connectivity index (χ0) is 22.3. The van der Waals surface area contributed by atoms with E-state index in [4.69, 9.17) is 5.10 Å². The summed E-state index contributed by atoms with van der Waals surface area (Å²) in [5.41, 5.74) is 4.41. The van der Waals surface area contributed by atoms with E-state index in [9.17, 15) is 4.79 Å². The van der Waals surface area contributed by atoms with Gasteiger partial charge in [-0.25, -0.2) is 9.36 Å². The van der Waals surface area contributed by atoms with Gasteiger partial charge in [0.05, 0.1) is 29.0 Å². The molecule has 3 aromatic rings. The van der Waals surface area contributed by atoms with Crippen molar-refractivity contribution in [3.05, 3.63) is 59.0 Å². The molecular formula is C24H33N5O. The summed E-state index contributed by atoms with van der Waals surface area (Å²) in [6, 6.07) is 12.0. The van der Waals surface area contributed by atoms with Crippen molar-refractivity contribution < 1.29 is 4.79 Å². The lowest BCUT2D eigenvalue weighted by Gasteiger charge is -2.23. The fourth-order valence-electron chi connectivity index (χ4n) is 3.45. The van der Waals surface area contributed by atoms with E-state index in [-0.39, 0.29) is 23.3 Å². The Kier molecular flexibility index (Phi) is 5.63. The number of rotatable bonds is 4. The molecule has 0 aliphatic carbocycles. The van der Waals surface area contributed by atoms with Crippen molar-refractivity contribution in [1.82, 2.24) is 19.6 Å². The maximum atomic E-state index is 13.0. The molecule has 6 heteroatoms. The van der Waals surface area contributed by atoms with Gasteiger partial charge in [-0.05, 0) is 46.8 Å². The molecule has 1 aromatic carbocycles. The first-order chi connectivity index (χ1) is 13.9. The number of carbonyl (C=O) groups is 1. The van der Waals surface area contributed by atoms with Crippen LogP contribution in [0.3, 0.4) is 0 Å². The van der Waals surface area contributed by atoms with Gasteiger partial charge in [-0.3, -0.25) is 4.79 Å². The Labute approximate surface area is 179 Å². The number of carbonyl (C=O) groups excluding carboxylic acids is 1. The molecule has 0 saturated heterocycles. The lowest BCUT2D eigenvalue weighted by molar-refractivity contribution is -0.115. The van der Waals surface area contributed by atoms with Crippen LogP contribution in [0.2, 0.25) is 0 Å². The molecule has 0 unspecified atom stereocenters. The number of anilines is 1. The van der Waals surface area contributed by atoms with Crippen LogP contribution in [0.5, 0.6) is 0 Å². The Balaban J connectivity index is 1.87. The second-order valence-electron chi connectivity index (χ2n) is 9.87. The van der Waals surface area contributed by atoms with E-state index in [1.54, 1.807) is 0 Å². The molecule has 0 aliphatic rings. The molecule has 0 aliphatic heterocycles. The summed E-state index contributed by atoms with van der Waals surface area (Å²) < 4.78 is 3.80. The van der Waals surface area contributed by atoms with Crippen LogP contribution in [-0.2, 0) is 22.2 Å². The van der Waals surface area contributed by atoms with E-state index < -0.39 is 0 Å². The summed E-state index contributed by atoms with van der Waals surface area (Å²) in [7, 11) is 0. The first-order valence-corrected chi connectivity index (χ1v) is 10.4. The SMILES string of the molecule is Cc1nn(-c2ccccc2)c(C)c1CC(=O)Nc1cc(C(C)(C)C)nn1C(C)(C)C. The summed E-state index contributed by atoms with van der Waals surface area (Å²) in [6.45, 7) is 16.6. The molecule has 1 amide bonds. The summed E-state index contributed by atoms with van der Waals surface area (Å²) >= 11 is 0. The van der Waals surface area contributed by atoms with Gasteiger partial charge in [0.25, 0.3) is 0 Å². The van der Waals surface area contributed by atoms with Crippen molar-refractivity contribution in [3.8, 4) is 5.69 Å². The van der Waals surface area contributed by atoms with E-state index in [2.05, 4.69) is 52.0 Å². The smallest absolute Gasteiger partial charge is 0.230 e. The number of benzene rings is 1. The zero-order valence-corrected chi connectivity index (χ0v) is 19.4. The Hall–Kier alpha value is -2.89. The van der Waals surface area contributed by atoms with Crippen molar-refractivity contribution in [2.24, 2.45) is 0 Å². The van der Waals surface area contributed by atoms with Crippen molar-refractivity contribution in [2.75, 3.05) is 5.32 Å². The van der Waals surface area contributed by atoms with E-state index >= 15 is 0 Å². The molecule has 3 rings (SSSR count). The highest BCUT2D eigenvalue weighted by Crippen LogP contribution is 2.28. The van der Waals surface area contributed by atoms with Crippen LogP contribution in [0.25, 0.3) is 5.69 Å². The molecule has 0 fully saturated rings. The minimum Gasteiger partial charge on any atom is -0.311 e. The number of nitrogens with one attached hydrogen (secondary N) is 1. The topological polar surface area (TPSA) is 64.7 Å². The van der Waals surface area contributed by atoms with Gasteiger partial charge in [-0.1, -0.05) is 39.0 Å². The number of nitrogens with zero attached hydrogens (tertiary/aromatic N) is 4. The quantitative estimate of drug-likeness (QED) is 0.668. The van der Waals surface area contributed by atoms with E-state index in [0.29, 0.717) is 0 Å². The summed E-state index contributed by atoms with van der Waals surface area (Å²) in [5.74, 6) is 0.655. The van der Waals surface area contributed by atoms with Crippen LogP contribution in [0, 0.1) is 13.8 Å². The Morgan fingerprint density at radius 1 is 1.00 bits per heavy atom. The standard InChI is InChI=1S/C24H33N5O/c1-16-19(17(2)28(26-16)18-12-10-9-11-13-18)14-22(30)25-21-15-20(23(3,4)5)27-29(21)24(6,7)8/h9-13,15H,14H2,1-8H3,(H,25,30). The molecule has 6 nitrogen and oxygen atoms in total. The van der Waals surface area contributed by atoms with Gasteiger partial charge >= 0.3 is 0 Å². The van der Waals surface area contributed by atoms with Crippen LogP contribution >= 0.6 is 0 Å². The normalized spacial score (nSPS) is 12.3. The van der Waals surface area contributed by atoms with Gasteiger partial charge in [0.15, 0.2) is 0 Å². The molecule has 0 atom stereocenters. The Bertz CT molecular complexity index is 1050. The van der Waals surface area contributed by atoms with Crippen LogP contribution < -0.4 is 5.32 Å². The molecule has 160 valence electrons. The van der Waals surface area contributed by atoms with Gasteiger partial charge in [0.1, 0.15) is 5.82 Å². The van der Waals surface area contributed by atoms with Crippen LogP contribution in [0.15, 0.2) is 36.4 Å². The predicted octanol–water partition coefficient (Wildman–Crippen LogP) is 4.92. The van der Waals surface area contributed by atoms with E-state index in [0.717, 1.165) is 34.2 Å². The third-order valence-electron chi connectivity index (χ3n) is 5.16. The molecule has 0 radical (unpaired) electrons. The maximum absolute atomic E-state index is 13.0. The number of hydrogen-bond acceptors (Lipinski definition) is 3. The van der Waals surface area contributed by atoms with Gasteiger partial charge in [-0.2, -0.15) is 10.2 Å². The van der Waals surface area contributed by atoms with E-state index in [1.807, 2.05) is 59.6 Å². The minimum atomic E-state index is -0.240. The van der Waals surface area contributed by atoms with Crippen LogP contribution in [-0.4, -0.2) is 25.5 Å². The molecule has 0 saturated carbocycles. The van der Waals surface area contributed by atoms with Crippen molar-refractivity contribution in [3.63, 3.8) is 0 Å².